The van der Waals surface area contributed by atoms with Gasteiger partial charge in [0.15, 0.2) is 0 Å². The van der Waals surface area contributed by atoms with Gasteiger partial charge in [0.1, 0.15) is 0 Å². The van der Waals surface area contributed by atoms with E-state index >= 15 is 0 Å². The quantitative estimate of drug-likeness (QED) is 0.0590. The lowest BCUT2D eigenvalue weighted by atomic mass is 9.97. The van der Waals surface area contributed by atoms with E-state index in [0.29, 0.717) is 0 Å². The lowest BCUT2D eigenvalue weighted by Gasteiger charge is -2.08. The number of unbranched alkanes of at least 4 members (excludes halogenated alkanes) is 23. The molecule has 0 atom stereocenters. The Labute approximate surface area is 254 Å². The first-order chi connectivity index (χ1) is 19.8. The monoisotopic (exact) mass is 555 g/mol. The molecule has 234 valence electrons. The van der Waals surface area contributed by atoms with Gasteiger partial charge in [-0.05, 0) is 62.5 Å². The summed E-state index contributed by atoms with van der Waals surface area (Å²) in [6.45, 7) is 9.24. The molecular weight excluding hydrogens is 480 g/mol. The lowest BCUT2D eigenvalue weighted by molar-refractivity contribution is 0.606. The molecule has 0 heteroatoms. The van der Waals surface area contributed by atoms with E-state index < -0.39 is 0 Å². The number of rotatable bonds is 31. The van der Waals surface area contributed by atoms with Crippen LogP contribution in [-0.4, -0.2) is 0 Å². The van der Waals surface area contributed by atoms with E-state index in [9.17, 15) is 0 Å². The second kappa shape index (κ2) is 34.2. The van der Waals surface area contributed by atoms with E-state index in [4.69, 9.17) is 0 Å². The van der Waals surface area contributed by atoms with Gasteiger partial charge in [0, 0.05) is 0 Å². The van der Waals surface area contributed by atoms with Crippen LogP contribution in [0.3, 0.4) is 0 Å². The fraction of sp³-hybridized carbons (Fsp3) is 0.800. The van der Waals surface area contributed by atoms with Crippen LogP contribution in [0.5, 0.6) is 0 Å². The first kappa shape index (κ1) is 39.0. The molecule has 0 bridgehead atoms. The first-order valence-corrected chi connectivity index (χ1v) is 18.5. The van der Waals surface area contributed by atoms with Crippen molar-refractivity contribution in [3.05, 3.63) is 47.6 Å². The molecule has 0 unspecified atom stereocenters. The maximum Gasteiger partial charge on any atom is -0.0231 e. The van der Waals surface area contributed by atoms with E-state index in [-0.39, 0.29) is 0 Å². The van der Waals surface area contributed by atoms with Crippen LogP contribution in [0.25, 0.3) is 0 Å². The van der Waals surface area contributed by atoms with Crippen LogP contribution in [0, 0.1) is 0 Å². The Morgan fingerprint density at radius 2 is 0.625 bits per heavy atom. The first-order valence-electron chi connectivity index (χ1n) is 18.5. The highest BCUT2D eigenvalue weighted by atomic mass is 14.1. The Morgan fingerprint density at radius 1 is 0.325 bits per heavy atom. The Kier molecular flexibility index (Phi) is 33.3. The van der Waals surface area contributed by atoms with Gasteiger partial charge in [-0.3, -0.25) is 0 Å². The van der Waals surface area contributed by atoms with Gasteiger partial charge < -0.3 is 0 Å². The summed E-state index contributed by atoms with van der Waals surface area (Å²) in [5, 5.41) is 0. The van der Waals surface area contributed by atoms with Crippen molar-refractivity contribution in [3.8, 4) is 0 Å². The van der Waals surface area contributed by atoms with E-state index in [1.165, 1.54) is 185 Å². The predicted octanol–water partition coefficient (Wildman–Crippen LogP) is 15.0. The number of hydrogen-bond acceptors (Lipinski definition) is 0. The summed E-state index contributed by atoms with van der Waals surface area (Å²) in [5.74, 6) is 0. The van der Waals surface area contributed by atoms with Crippen LogP contribution in [0.2, 0.25) is 0 Å². The molecule has 0 N–H and O–H groups in total. The molecule has 0 amide bonds. The molecule has 0 aromatic heterocycles. The highest BCUT2D eigenvalue weighted by Gasteiger charge is 2.01. The third kappa shape index (κ3) is 28.5. The zero-order valence-corrected chi connectivity index (χ0v) is 28.3. The molecule has 0 aliphatic carbocycles. The van der Waals surface area contributed by atoms with E-state index in [0.717, 1.165) is 0 Å². The summed E-state index contributed by atoms with van der Waals surface area (Å²) in [4.78, 5) is 0. The average molecular weight is 555 g/mol. The molecular formula is C40H74. The summed E-state index contributed by atoms with van der Waals surface area (Å²) in [7, 11) is 0. The van der Waals surface area contributed by atoms with Gasteiger partial charge in [0.05, 0.1) is 0 Å². The number of hydrogen-bond donors (Lipinski definition) is 0. The summed E-state index contributed by atoms with van der Waals surface area (Å²) >= 11 is 0. The Morgan fingerprint density at radius 3 is 1.00 bits per heavy atom. The molecule has 0 nitrogen and oxygen atoms in total. The van der Waals surface area contributed by atoms with Crippen molar-refractivity contribution in [2.24, 2.45) is 0 Å². The molecule has 0 aromatic rings. The molecule has 0 aromatic carbocycles. The Bertz CT molecular complexity index is 574. The maximum atomic E-state index is 2.51. The van der Waals surface area contributed by atoms with Crippen molar-refractivity contribution in [1.29, 1.82) is 0 Å². The van der Waals surface area contributed by atoms with Crippen LogP contribution in [-0.2, 0) is 0 Å². The van der Waals surface area contributed by atoms with Gasteiger partial charge in [0.2, 0.25) is 0 Å². The van der Waals surface area contributed by atoms with Crippen molar-refractivity contribution in [1.82, 2.24) is 0 Å². The average Bonchev–Trinajstić information content (AvgIpc) is 2.96. The van der Waals surface area contributed by atoms with Crippen molar-refractivity contribution < 1.29 is 0 Å². The van der Waals surface area contributed by atoms with Crippen molar-refractivity contribution in [2.75, 3.05) is 0 Å². The maximum absolute atomic E-state index is 2.51. The largest absolute Gasteiger partial charge is 0.0842 e. The molecule has 0 saturated carbocycles. The van der Waals surface area contributed by atoms with E-state index in [1.807, 2.05) is 0 Å². The minimum atomic E-state index is 1.23. The molecule has 40 heavy (non-hydrogen) atoms. The van der Waals surface area contributed by atoms with Crippen LogP contribution >= 0.6 is 0 Å². The lowest BCUT2D eigenvalue weighted by Crippen LogP contribution is -1.89. The van der Waals surface area contributed by atoms with Gasteiger partial charge in [-0.1, -0.05) is 193 Å². The molecule has 0 fully saturated rings. The summed E-state index contributed by atoms with van der Waals surface area (Å²) in [6.07, 6.45) is 53.0. The van der Waals surface area contributed by atoms with Crippen LogP contribution in [0.1, 0.15) is 207 Å². The highest BCUT2D eigenvalue weighted by molar-refractivity contribution is 5.41. The van der Waals surface area contributed by atoms with Crippen LogP contribution in [0.15, 0.2) is 47.6 Å². The molecule has 0 spiro atoms. The fourth-order valence-corrected chi connectivity index (χ4v) is 5.46. The smallest absolute Gasteiger partial charge is 0.0231 e. The Balaban J connectivity index is 5.21. The fourth-order valence-electron chi connectivity index (χ4n) is 5.46. The predicted molar refractivity (Wildman–Crippen MR) is 186 cm³/mol. The zero-order valence-electron chi connectivity index (χ0n) is 28.3. The Hall–Kier alpha value is -1.04. The molecule has 0 heterocycles. The summed E-state index contributed by atoms with van der Waals surface area (Å²) in [6, 6.07) is 0. The third-order valence-electron chi connectivity index (χ3n) is 8.26. The zero-order chi connectivity index (χ0) is 29.2. The van der Waals surface area contributed by atoms with Crippen LogP contribution in [0.4, 0.5) is 0 Å². The summed E-state index contributed by atoms with van der Waals surface area (Å²) in [5.41, 5.74) is 3.07. The van der Waals surface area contributed by atoms with Gasteiger partial charge >= 0.3 is 0 Å². The molecule has 0 radical (unpaired) electrons. The second-order valence-corrected chi connectivity index (χ2v) is 12.4. The van der Waals surface area contributed by atoms with Gasteiger partial charge in [-0.15, -0.1) is 0 Å². The van der Waals surface area contributed by atoms with Crippen molar-refractivity contribution in [2.45, 2.75) is 207 Å². The molecule has 0 rings (SSSR count). The normalized spacial score (nSPS) is 12.0. The molecule has 0 aliphatic heterocycles. The van der Waals surface area contributed by atoms with E-state index in [1.54, 1.807) is 5.57 Å². The van der Waals surface area contributed by atoms with Gasteiger partial charge in [0.25, 0.3) is 0 Å². The minimum absolute atomic E-state index is 1.23. The molecule has 0 aliphatic rings. The highest BCUT2D eigenvalue weighted by Crippen LogP contribution is 2.21. The summed E-state index contributed by atoms with van der Waals surface area (Å²) < 4.78 is 0. The van der Waals surface area contributed by atoms with Crippen molar-refractivity contribution in [3.63, 3.8) is 0 Å². The minimum Gasteiger partial charge on any atom is -0.0842 e. The van der Waals surface area contributed by atoms with Crippen molar-refractivity contribution >= 4 is 0 Å². The number of allylic oxidation sites excluding steroid dienone is 8. The third-order valence-corrected chi connectivity index (χ3v) is 8.26. The van der Waals surface area contributed by atoms with Gasteiger partial charge in [-0.2, -0.15) is 0 Å². The van der Waals surface area contributed by atoms with E-state index in [2.05, 4.69) is 64.2 Å². The topological polar surface area (TPSA) is 0 Å². The molecule has 0 saturated heterocycles. The van der Waals surface area contributed by atoms with Crippen LogP contribution < -0.4 is 0 Å². The SMILES string of the molecule is CCCCCCCCC=CC(C=CCCCCCCCC)=C(C=CCCCCCCCC)CCCCCCCC. The second-order valence-electron chi connectivity index (χ2n) is 12.4. The van der Waals surface area contributed by atoms with Gasteiger partial charge in [-0.25, -0.2) is 0 Å². The standard InChI is InChI=1S/C40H74/c1-5-9-13-17-21-24-28-32-36-39(35-31-27-20-16-12-8-4)40(37-33-29-25-22-18-14-10-6-2)38-34-30-26-23-19-15-11-7-3/h32-34,36-38H,5-31,35H2,1-4H3.